The lowest BCUT2D eigenvalue weighted by Gasteiger charge is -2.14. The minimum absolute atomic E-state index is 0.123. The zero-order valence-electron chi connectivity index (χ0n) is 12.3. The van der Waals surface area contributed by atoms with E-state index >= 15 is 0 Å². The number of halogens is 1. The average Bonchev–Trinajstić information content (AvgIpc) is 2.49. The van der Waals surface area contributed by atoms with Crippen LogP contribution in [0.5, 0.6) is 5.75 Å². The van der Waals surface area contributed by atoms with Crippen molar-refractivity contribution in [3.63, 3.8) is 0 Å². The second kappa shape index (κ2) is 7.09. The van der Waals surface area contributed by atoms with Gasteiger partial charge in [-0.15, -0.1) is 0 Å². The topological polar surface area (TPSA) is 55.4 Å². The third-order valence-corrected chi connectivity index (χ3v) is 3.24. The molecule has 1 N–H and O–H groups in total. The third kappa shape index (κ3) is 4.33. The van der Waals surface area contributed by atoms with E-state index in [9.17, 15) is 9.59 Å². The summed E-state index contributed by atoms with van der Waals surface area (Å²) < 4.78 is 5.63. The Morgan fingerprint density at radius 3 is 2.18 bits per heavy atom. The molecule has 2 aromatic rings. The number of hydrogen-bond acceptors (Lipinski definition) is 3. The van der Waals surface area contributed by atoms with Gasteiger partial charge >= 0.3 is 0 Å². The van der Waals surface area contributed by atoms with Crippen molar-refractivity contribution in [2.75, 3.05) is 5.32 Å². The predicted octanol–water partition coefficient (Wildman–Crippen LogP) is 3.95. The predicted molar refractivity (Wildman–Crippen MR) is 86.6 cm³/mol. The first kappa shape index (κ1) is 16.0. The molecular weight excluding hydrogens is 302 g/mol. The smallest absolute Gasteiger partial charge is 0.221 e. The van der Waals surface area contributed by atoms with E-state index in [2.05, 4.69) is 5.32 Å². The Hall–Kier alpha value is -2.33. The van der Waals surface area contributed by atoms with Gasteiger partial charge in [0.25, 0.3) is 0 Å². The monoisotopic (exact) mass is 317 g/mol. The number of carbonyl (C=O) groups is 2. The summed E-state index contributed by atoms with van der Waals surface area (Å²) >= 11 is 5.80. The van der Waals surface area contributed by atoms with E-state index in [0.717, 1.165) is 0 Å². The van der Waals surface area contributed by atoms with Gasteiger partial charge in [0.15, 0.2) is 6.10 Å². The Morgan fingerprint density at radius 2 is 1.64 bits per heavy atom. The molecular formula is C17H16ClNO3. The minimum atomic E-state index is -0.618. The Morgan fingerprint density at radius 1 is 1.05 bits per heavy atom. The summed E-state index contributed by atoms with van der Waals surface area (Å²) in [5, 5.41) is 3.25. The number of ketones is 1. The molecule has 114 valence electrons. The van der Waals surface area contributed by atoms with Crippen LogP contribution in [-0.4, -0.2) is 17.8 Å². The Kier molecular flexibility index (Phi) is 5.17. The summed E-state index contributed by atoms with van der Waals surface area (Å²) in [5.41, 5.74) is 1.23. The summed E-state index contributed by atoms with van der Waals surface area (Å²) in [6, 6.07) is 13.5. The van der Waals surface area contributed by atoms with Crippen LogP contribution in [-0.2, 0) is 4.79 Å². The van der Waals surface area contributed by atoms with Gasteiger partial charge in [0.2, 0.25) is 11.7 Å². The number of carbonyl (C=O) groups excluding carboxylic acids is 2. The second-order valence-electron chi connectivity index (χ2n) is 4.84. The fourth-order valence-corrected chi connectivity index (χ4v) is 2.05. The van der Waals surface area contributed by atoms with Crippen molar-refractivity contribution in [1.29, 1.82) is 0 Å². The molecule has 0 saturated carbocycles. The highest BCUT2D eigenvalue weighted by Crippen LogP contribution is 2.19. The van der Waals surface area contributed by atoms with Crippen molar-refractivity contribution in [2.24, 2.45) is 0 Å². The summed E-state index contributed by atoms with van der Waals surface area (Å²) in [4.78, 5) is 23.2. The molecule has 4 nitrogen and oxygen atoms in total. The summed E-state index contributed by atoms with van der Waals surface area (Å²) in [6.45, 7) is 3.13. The van der Waals surface area contributed by atoms with Crippen LogP contribution in [0, 0.1) is 0 Å². The molecule has 0 heterocycles. The molecule has 0 spiro atoms. The van der Waals surface area contributed by atoms with Crippen molar-refractivity contribution in [3.05, 3.63) is 59.1 Å². The SMILES string of the molecule is CC(=O)Nc1ccc(OC(C)C(=O)c2ccc(Cl)cc2)cc1. The van der Waals surface area contributed by atoms with E-state index in [0.29, 0.717) is 22.0 Å². The van der Waals surface area contributed by atoms with Gasteiger partial charge < -0.3 is 10.1 Å². The summed E-state index contributed by atoms with van der Waals surface area (Å²) in [5.74, 6) is 0.298. The van der Waals surface area contributed by atoms with Crippen molar-refractivity contribution in [2.45, 2.75) is 20.0 Å². The van der Waals surface area contributed by atoms with Crippen LogP contribution in [0.1, 0.15) is 24.2 Å². The average molecular weight is 318 g/mol. The molecule has 0 aliphatic rings. The number of benzene rings is 2. The first-order chi connectivity index (χ1) is 10.5. The fraction of sp³-hybridized carbons (Fsp3) is 0.176. The number of anilines is 1. The van der Waals surface area contributed by atoms with Crippen LogP contribution < -0.4 is 10.1 Å². The summed E-state index contributed by atoms with van der Waals surface area (Å²) in [7, 11) is 0. The molecule has 2 rings (SSSR count). The molecule has 0 bridgehead atoms. The van der Waals surface area contributed by atoms with Gasteiger partial charge in [0, 0.05) is 23.2 Å². The molecule has 5 heteroatoms. The third-order valence-electron chi connectivity index (χ3n) is 2.99. The molecule has 0 aromatic heterocycles. The Balaban J connectivity index is 2.01. The van der Waals surface area contributed by atoms with Gasteiger partial charge in [-0.2, -0.15) is 0 Å². The standard InChI is InChI=1S/C17H16ClNO3/c1-11(17(21)13-3-5-14(18)6-4-13)22-16-9-7-15(8-10-16)19-12(2)20/h3-11H,1-2H3,(H,19,20). The molecule has 1 unspecified atom stereocenters. The number of nitrogens with one attached hydrogen (secondary N) is 1. The molecule has 0 fully saturated rings. The van der Waals surface area contributed by atoms with Crippen LogP contribution in [0.4, 0.5) is 5.69 Å². The highest BCUT2D eigenvalue weighted by atomic mass is 35.5. The van der Waals surface area contributed by atoms with Crippen molar-refractivity contribution >= 4 is 29.0 Å². The van der Waals surface area contributed by atoms with Gasteiger partial charge in [-0.25, -0.2) is 0 Å². The lowest BCUT2D eigenvalue weighted by atomic mass is 10.1. The van der Waals surface area contributed by atoms with E-state index in [4.69, 9.17) is 16.3 Å². The van der Waals surface area contributed by atoms with E-state index in [1.807, 2.05) is 0 Å². The molecule has 0 radical (unpaired) electrons. The maximum absolute atomic E-state index is 12.2. The highest BCUT2D eigenvalue weighted by Gasteiger charge is 2.16. The highest BCUT2D eigenvalue weighted by molar-refractivity contribution is 6.30. The van der Waals surface area contributed by atoms with Crippen molar-refractivity contribution < 1.29 is 14.3 Å². The molecule has 22 heavy (non-hydrogen) atoms. The number of rotatable bonds is 5. The van der Waals surface area contributed by atoms with Gasteiger partial charge in [-0.1, -0.05) is 11.6 Å². The van der Waals surface area contributed by atoms with Crippen molar-refractivity contribution in [1.82, 2.24) is 0 Å². The van der Waals surface area contributed by atoms with Gasteiger partial charge in [0.1, 0.15) is 5.75 Å². The number of amides is 1. The number of hydrogen-bond donors (Lipinski definition) is 1. The number of Topliss-reactive ketones (excluding diaryl/α,β-unsaturated/α-hetero) is 1. The lowest BCUT2D eigenvalue weighted by molar-refractivity contribution is -0.114. The van der Waals surface area contributed by atoms with Crippen LogP contribution >= 0.6 is 11.6 Å². The summed E-state index contributed by atoms with van der Waals surface area (Å²) in [6.07, 6.45) is -0.618. The van der Waals surface area contributed by atoms with Gasteiger partial charge in [-0.3, -0.25) is 9.59 Å². The zero-order chi connectivity index (χ0) is 16.1. The molecule has 0 aliphatic heterocycles. The largest absolute Gasteiger partial charge is 0.483 e. The molecule has 2 aromatic carbocycles. The fourth-order valence-electron chi connectivity index (χ4n) is 1.93. The lowest BCUT2D eigenvalue weighted by Crippen LogP contribution is -2.23. The number of ether oxygens (including phenoxy) is 1. The first-order valence-corrected chi connectivity index (χ1v) is 7.17. The van der Waals surface area contributed by atoms with E-state index in [-0.39, 0.29) is 11.7 Å². The molecule has 0 saturated heterocycles. The van der Waals surface area contributed by atoms with Crippen LogP contribution in [0.15, 0.2) is 48.5 Å². The zero-order valence-corrected chi connectivity index (χ0v) is 13.1. The molecule has 1 amide bonds. The van der Waals surface area contributed by atoms with Crippen LogP contribution in [0.2, 0.25) is 5.02 Å². The molecule has 1 atom stereocenters. The Labute approximate surface area is 134 Å². The van der Waals surface area contributed by atoms with E-state index in [1.54, 1.807) is 55.5 Å². The minimum Gasteiger partial charge on any atom is -0.483 e. The first-order valence-electron chi connectivity index (χ1n) is 6.80. The maximum Gasteiger partial charge on any atom is 0.221 e. The maximum atomic E-state index is 12.2. The Bertz CT molecular complexity index is 665. The normalized spacial score (nSPS) is 11.6. The van der Waals surface area contributed by atoms with Crippen LogP contribution in [0.25, 0.3) is 0 Å². The van der Waals surface area contributed by atoms with E-state index < -0.39 is 6.10 Å². The van der Waals surface area contributed by atoms with E-state index in [1.165, 1.54) is 6.92 Å². The van der Waals surface area contributed by atoms with Gasteiger partial charge in [0.05, 0.1) is 0 Å². The second-order valence-corrected chi connectivity index (χ2v) is 5.27. The molecule has 0 aliphatic carbocycles. The van der Waals surface area contributed by atoms with Crippen LogP contribution in [0.3, 0.4) is 0 Å². The van der Waals surface area contributed by atoms with Crippen molar-refractivity contribution in [3.8, 4) is 5.75 Å². The quantitative estimate of drug-likeness (QED) is 0.850. The van der Waals surface area contributed by atoms with Gasteiger partial charge in [-0.05, 0) is 55.5 Å².